The van der Waals surface area contributed by atoms with E-state index in [4.69, 9.17) is 14.5 Å². The first-order valence-electron chi connectivity index (χ1n) is 10.00. The number of benzene rings is 2. The average Bonchev–Trinajstić information content (AvgIpc) is 3.15. The molecular weight excluding hydrogens is 378 g/mol. The summed E-state index contributed by atoms with van der Waals surface area (Å²) in [6.07, 6.45) is 1.78. The van der Waals surface area contributed by atoms with E-state index in [1.54, 1.807) is 6.08 Å². The predicted molar refractivity (Wildman–Crippen MR) is 117 cm³/mol. The van der Waals surface area contributed by atoms with E-state index in [0.29, 0.717) is 19.1 Å². The molecule has 150 valence electrons. The molecule has 6 nitrogen and oxygen atoms in total. The van der Waals surface area contributed by atoms with Crippen LogP contribution in [0.4, 0.5) is 5.82 Å². The maximum Gasteiger partial charge on any atom is 0.363 e. The van der Waals surface area contributed by atoms with Crippen molar-refractivity contribution in [3.05, 3.63) is 77.0 Å². The lowest BCUT2D eigenvalue weighted by Crippen LogP contribution is -2.37. The molecule has 6 heteroatoms. The predicted octanol–water partition coefficient (Wildman–Crippen LogP) is 3.72. The summed E-state index contributed by atoms with van der Waals surface area (Å²) in [5.74, 6) is 0.708. The van der Waals surface area contributed by atoms with Crippen molar-refractivity contribution in [2.75, 3.05) is 31.2 Å². The van der Waals surface area contributed by atoms with Crippen LogP contribution in [0.2, 0.25) is 0 Å². The number of carbonyl (C=O) groups excluding carboxylic acids is 1. The fourth-order valence-electron chi connectivity index (χ4n) is 3.75. The summed E-state index contributed by atoms with van der Waals surface area (Å²) < 4.78 is 10.9. The molecule has 5 rings (SSSR count). The van der Waals surface area contributed by atoms with Gasteiger partial charge in [-0.1, -0.05) is 36.4 Å². The van der Waals surface area contributed by atoms with Gasteiger partial charge in [0.05, 0.1) is 18.7 Å². The first kappa shape index (κ1) is 18.5. The third-order valence-electron chi connectivity index (χ3n) is 5.30. The number of fused-ring (bicyclic) bond motifs is 1. The Bertz CT molecular complexity index is 1180. The Morgan fingerprint density at radius 1 is 1.03 bits per heavy atom. The van der Waals surface area contributed by atoms with Crippen molar-refractivity contribution in [2.24, 2.45) is 4.99 Å². The fourth-order valence-corrected chi connectivity index (χ4v) is 3.75. The summed E-state index contributed by atoms with van der Waals surface area (Å²) in [4.78, 5) is 24.1. The van der Waals surface area contributed by atoms with E-state index in [2.05, 4.69) is 28.9 Å². The molecule has 0 saturated carbocycles. The minimum absolute atomic E-state index is 0.275. The molecule has 2 aliphatic heterocycles. The van der Waals surface area contributed by atoms with Gasteiger partial charge in [-0.3, -0.25) is 0 Å². The van der Waals surface area contributed by atoms with E-state index >= 15 is 0 Å². The van der Waals surface area contributed by atoms with Crippen molar-refractivity contribution in [2.45, 2.75) is 6.92 Å². The molecule has 0 aliphatic carbocycles. The number of aryl methyl sites for hydroxylation is 1. The van der Waals surface area contributed by atoms with Gasteiger partial charge in [0.1, 0.15) is 5.82 Å². The number of esters is 1. The van der Waals surface area contributed by atoms with Crippen molar-refractivity contribution < 1.29 is 14.3 Å². The lowest BCUT2D eigenvalue weighted by molar-refractivity contribution is -0.129. The highest BCUT2D eigenvalue weighted by atomic mass is 16.6. The Labute approximate surface area is 174 Å². The molecule has 3 heterocycles. The van der Waals surface area contributed by atoms with Gasteiger partial charge in [0.15, 0.2) is 5.70 Å². The largest absolute Gasteiger partial charge is 0.402 e. The number of hydrogen-bond donors (Lipinski definition) is 0. The molecule has 0 radical (unpaired) electrons. The number of aliphatic imine (C=N–C) groups is 1. The number of cyclic esters (lactones) is 1. The van der Waals surface area contributed by atoms with E-state index in [9.17, 15) is 4.79 Å². The maximum atomic E-state index is 12.5. The standard InChI is InChI=1S/C24H21N3O3/c1-16-6-5-9-18-14-19(22(26-21(16)18)27-10-12-29-13-11-27)15-20-24(28)30-23(25-20)17-7-3-2-4-8-17/h2-9,14-15H,10-13H2,1H3/b20-15-. The number of aromatic nitrogens is 1. The number of anilines is 1. The Morgan fingerprint density at radius 2 is 1.83 bits per heavy atom. The van der Waals surface area contributed by atoms with Gasteiger partial charge < -0.3 is 14.4 Å². The van der Waals surface area contributed by atoms with Crippen molar-refractivity contribution >= 4 is 34.7 Å². The normalized spacial score (nSPS) is 18.0. The lowest BCUT2D eigenvalue weighted by Gasteiger charge is -2.29. The Balaban J connectivity index is 1.62. The molecule has 1 saturated heterocycles. The van der Waals surface area contributed by atoms with Crippen LogP contribution in [0.3, 0.4) is 0 Å². The highest BCUT2D eigenvalue weighted by molar-refractivity contribution is 6.13. The summed E-state index contributed by atoms with van der Waals surface area (Å²) in [6, 6.07) is 17.6. The van der Waals surface area contributed by atoms with Crippen LogP contribution in [0.25, 0.3) is 17.0 Å². The number of hydrogen-bond acceptors (Lipinski definition) is 6. The quantitative estimate of drug-likeness (QED) is 0.496. The number of para-hydroxylation sites is 1. The SMILES string of the molecule is Cc1cccc2cc(/C=C3\N=C(c4ccccc4)OC3=O)c(N3CCOCC3)nc12. The second kappa shape index (κ2) is 7.72. The van der Waals surface area contributed by atoms with E-state index in [1.807, 2.05) is 42.5 Å². The summed E-state index contributed by atoms with van der Waals surface area (Å²) in [5.41, 5.74) is 3.97. The molecule has 1 aromatic heterocycles. The second-order valence-corrected chi connectivity index (χ2v) is 7.35. The Morgan fingerprint density at radius 3 is 2.63 bits per heavy atom. The van der Waals surface area contributed by atoms with Crippen LogP contribution in [0.5, 0.6) is 0 Å². The van der Waals surface area contributed by atoms with E-state index in [-0.39, 0.29) is 5.70 Å². The monoisotopic (exact) mass is 399 g/mol. The second-order valence-electron chi connectivity index (χ2n) is 7.35. The first-order chi connectivity index (χ1) is 14.7. The molecule has 0 N–H and O–H groups in total. The summed E-state index contributed by atoms with van der Waals surface area (Å²) in [6.45, 7) is 4.87. The van der Waals surface area contributed by atoms with Gasteiger partial charge in [0, 0.05) is 29.6 Å². The van der Waals surface area contributed by atoms with Crippen LogP contribution in [0, 0.1) is 6.92 Å². The molecule has 0 amide bonds. The molecule has 2 aromatic carbocycles. The highest BCUT2D eigenvalue weighted by Gasteiger charge is 2.25. The molecule has 3 aromatic rings. The number of carbonyl (C=O) groups is 1. The van der Waals surface area contributed by atoms with Crippen molar-refractivity contribution in [3.8, 4) is 0 Å². The summed E-state index contributed by atoms with van der Waals surface area (Å²) >= 11 is 0. The van der Waals surface area contributed by atoms with E-state index in [1.165, 1.54) is 0 Å². The third kappa shape index (κ3) is 3.46. The third-order valence-corrected chi connectivity index (χ3v) is 5.30. The van der Waals surface area contributed by atoms with Crippen molar-refractivity contribution in [1.82, 2.24) is 4.98 Å². The van der Waals surface area contributed by atoms with Crippen LogP contribution < -0.4 is 4.90 Å². The van der Waals surface area contributed by atoms with Crippen molar-refractivity contribution in [1.29, 1.82) is 0 Å². The molecule has 2 aliphatic rings. The molecule has 0 unspecified atom stereocenters. The smallest absolute Gasteiger partial charge is 0.363 e. The van der Waals surface area contributed by atoms with Gasteiger partial charge in [-0.25, -0.2) is 14.8 Å². The number of pyridine rings is 1. The summed E-state index contributed by atoms with van der Waals surface area (Å²) in [7, 11) is 0. The molecule has 30 heavy (non-hydrogen) atoms. The number of rotatable bonds is 3. The molecule has 0 spiro atoms. The van der Waals surface area contributed by atoms with Crippen molar-refractivity contribution in [3.63, 3.8) is 0 Å². The Kier molecular flexibility index (Phi) is 4.77. The van der Waals surface area contributed by atoms with Gasteiger partial charge in [-0.2, -0.15) is 0 Å². The average molecular weight is 399 g/mol. The van der Waals surface area contributed by atoms with Gasteiger partial charge >= 0.3 is 5.97 Å². The minimum Gasteiger partial charge on any atom is -0.402 e. The van der Waals surface area contributed by atoms with E-state index in [0.717, 1.165) is 46.5 Å². The fraction of sp³-hybridized carbons (Fsp3) is 0.208. The number of ether oxygens (including phenoxy) is 2. The van der Waals surface area contributed by atoms with Crippen LogP contribution in [-0.4, -0.2) is 43.2 Å². The van der Waals surface area contributed by atoms with Gasteiger partial charge in [0.25, 0.3) is 0 Å². The van der Waals surface area contributed by atoms with Gasteiger partial charge in [0.2, 0.25) is 5.90 Å². The highest BCUT2D eigenvalue weighted by Crippen LogP contribution is 2.29. The maximum absolute atomic E-state index is 12.5. The van der Waals surface area contributed by atoms with Gasteiger partial charge in [-0.05, 0) is 36.8 Å². The molecule has 0 bridgehead atoms. The molecule has 1 fully saturated rings. The van der Waals surface area contributed by atoms with Crippen LogP contribution in [0.1, 0.15) is 16.7 Å². The number of nitrogens with zero attached hydrogens (tertiary/aromatic N) is 3. The first-order valence-corrected chi connectivity index (χ1v) is 10.00. The van der Waals surface area contributed by atoms with Crippen LogP contribution >= 0.6 is 0 Å². The minimum atomic E-state index is -0.453. The topological polar surface area (TPSA) is 64.0 Å². The summed E-state index contributed by atoms with van der Waals surface area (Å²) in [5, 5.41) is 1.03. The van der Waals surface area contributed by atoms with Gasteiger partial charge in [-0.15, -0.1) is 0 Å². The Hall–Kier alpha value is -3.51. The lowest BCUT2D eigenvalue weighted by atomic mass is 10.1. The van der Waals surface area contributed by atoms with Crippen LogP contribution in [-0.2, 0) is 14.3 Å². The van der Waals surface area contributed by atoms with Crippen LogP contribution in [0.15, 0.2) is 65.3 Å². The zero-order valence-corrected chi connectivity index (χ0v) is 16.7. The molecular formula is C24H21N3O3. The number of morpholine rings is 1. The zero-order chi connectivity index (χ0) is 20.5. The zero-order valence-electron chi connectivity index (χ0n) is 16.7. The van der Waals surface area contributed by atoms with E-state index < -0.39 is 5.97 Å². The molecule has 0 atom stereocenters.